The van der Waals surface area contributed by atoms with Gasteiger partial charge in [0.2, 0.25) is 0 Å². The molecule has 0 amide bonds. The minimum absolute atomic E-state index is 0. The molecule has 0 radical (unpaired) electrons. The Morgan fingerprint density at radius 2 is 1.58 bits per heavy atom. The van der Waals surface area contributed by atoms with Gasteiger partial charge in [-0.2, -0.15) is 0 Å². The molecule has 0 atom stereocenters. The molecule has 0 unspecified atom stereocenters. The lowest BCUT2D eigenvalue weighted by atomic mass is 9.73. The first-order chi connectivity index (χ1) is 11.3. The van der Waals surface area contributed by atoms with Crippen LogP contribution in [-0.4, -0.2) is 25.7 Å². The van der Waals surface area contributed by atoms with E-state index in [1.54, 1.807) is 0 Å². The van der Waals surface area contributed by atoms with Crippen LogP contribution in [0.15, 0.2) is 54.6 Å². The number of benzene rings is 2. The predicted octanol–water partition coefficient (Wildman–Crippen LogP) is 3.96. The molecule has 1 aliphatic rings. The summed E-state index contributed by atoms with van der Waals surface area (Å²) >= 11 is 0. The first kappa shape index (κ1) is 18.5. The third-order valence-corrected chi connectivity index (χ3v) is 4.67. The Bertz CT molecular complexity index is 649. The number of piperidine rings is 1. The third kappa shape index (κ3) is 3.63. The topological polar surface area (TPSA) is 38.3 Å². The predicted molar refractivity (Wildman–Crippen MR) is 99.5 cm³/mol. The molecule has 2 aromatic carbocycles. The molecule has 1 aliphatic heterocycles. The van der Waals surface area contributed by atoms with Gasteiger partial charge in [-0.15, -0.1) is 12.4 Å². The minimum atomic E-state index is -0.503. The van der Waals surface area contributed by atoms with Crippen molar-refractivity contribution in [1.29, 1.82) is 0 Å². The Hall–Kier alpha value is -1.84. The van der Waals surface area contributed by atoms with Gasteiger partial charge in [-0.05, 0) is 49.5 Å². The molecule has 0 spiro atoms. The smallest absolute Gasteiger partial charge is 0.316 e. The van der Waals surface area contributed by atoms with Gasteiger partial charge in [0.05, 0.1) is 12.0 Å². The molecule has 0 aliphatic carbocycles. The van der Waals surface area contributed by atoms with Crippen molar-refractivity contribution in [2.24, 2.45) is 0 Å². The maximum Gasteiger partial charge on any atom is 0.316 e. The summed E-state index contributed by atoms with van der Waals surface area (Å²) in [7, 11) is 0. The maximum absolute atomic E-state index is 12.6. The molecule has 0 saturated carbocycles. The molecule has 2 aromatic rings. The molecule has 3 rings (SSSR count). The third-order valence-electron chi connectivity index (χ3n) is 4.67. The molecule has 24 heavy (non-hydrogen) atoms. The SMILES string of the molecule is CCOC(=O)C1(c2ccc(-c3ccccc3)cc2)CCNCC1.Cl. The number of hydrogen-bond acceptors (Lipinski definition) is 3. The van der Waals surface area contributed by atoms with Crippen molar-refractivity contribution in [1.82, 2.24) is 5.32 Å². The summed E-state index contributed by atoms with van der Waals surface area (Å²) in [4.78, 5) is 12.6. The molecule has 0 bridgehead atoms. The molecule has 4 heteroatoms. The van der Waals surface area contributed by atoms with Crippen LogP contribution in [0.1, 0.15) is 25.3 Å². The Morgan fingerprint density at radius 1 is 1.00 bits per heavy atom. The summed E-state index contributed by atoms with van der Waals surface area (Å²) in [5, 5.41) is 3.34. The van der Waals surface area contributed by atoms with Crippen LogP contribution in [0.5, 0.6) is 0 Å². The van der Waals surface area contributed by atoms with Crippen molar-refractivity contribution >= 4 is 18.4 Å². The first-order valence-electron chi connectivity index (χ1n) is 8.30. The second-order valence-electron chi connectivity index (χ2n) is 6.00. The van der Waals surface area contributed by atoms with Gasteiger partial charge in [0.1, 0.15) is 0 Å². The number of carbonyl (C=O) groups is 1. The lowest BCUT2D eigenvalue weighted by Crippen LogP contribution is -2.46. The number of ether oxygens (including phenoxy) is 1. The highest BCUT2D eigenvalue weighted by Gasteiger charge is 2.42. The van der Waals surface area contributed by atoms with Crippen LogP contribution >= 0.6 is 12.4 Å². The first-order valence-corrected chi connectivity index (χ1v) is 8.30. The second-order valence-corrected chi connectivity index (χ2v) is 6.00. The zero-order valence-corrected chi connectivity index (χ0v) is 14.8. The molecule has 1 heterocycles. The standard InChI is InChI=1S/C20H23NO2.ClH/c1-2-23-19(22)20(12-14-21-15-13-20)18-10-8-17(9-11-18)16-6-4-3-5-7-16;/h3-11,21H,2,12-15H2,1H3;1H. The molecule has 3 nitrogen and oxygen atoms in total. The number of nitrogens with one attached hydrogen (secondary N) is 1. The molecule has 1 fully saturated rings. The zero-order chi connectivity index (χ0) is 16.1. The van der Waals surface area contributed by atoms with Crippen molar-refractivity contribution in [3.8, 4) is 11.1 Å². The van der Waals surface area contributed by atoms with Crippen molar-refractivity contribution in [2.45, 2.75) is 25.2 Å². The number of halogens is 1. The van der Waals surface area contributed by atoms with E-state index in [0.29, 0.717) is 6.61 Å². The van der Waals surface area contributed by atoms with E-state index in [1.165, 1.54) is 11.1 Å². The normalized spacial score (nSPS) is 16.0. The van der Waals surface area contributed by atoms with Gasteiger partial charge in [-0.1, -0.05) is 54.6 Å². The number of rotatable bonds is 4. The fourth-order valence-corrected chi connectivity index (χ4v) is 3.35. The van der Waals surface area contributed by atoms with Crippen molar-refractivity contribution in [3.05, 3.63) is 60.2 Å². The second kappa shape index (κ2) is 8.32. The van der Waals surface area contributed by atoms with E-state index in [0.717, 1.165) is 31.5 Å². The molecule has 1 saturated heterocycles. The average Bonchev–Trinajstić information content (AvgIpc) is 2.63. The van der Waals surface area contributed by atoms with E-state index in [1.807, 2.05) is 25.1 Å². The van der Waals surface area contributed by atoms with Crippen LogP contribution in [0.2, 0.25) is 0 Å². The van der Waals surface area contributed by atoms with Crippen molar-refractivity contribution in [2.75, 3.05) is 19.7 Å². The van der Waals surface area contributed by atoms with Crippen LogP contribution in [0.3, 0.4) is 0 Å². The fourth-order valence-electron chi connectivity index (χ4n) is 3.35. The Balaban J connectivity index is 0.00000208. The molecular weight excluding hydrogens is 322 g/mol. The van der Waals surface area contributed by atoms with Gasteiger partial charge < -0.3 is 10.1 Å². The van der Waals surface area contributed by atoms with Gasteiger partial charge in [0, 0.05) is 0 Å². The zero-order valence-electron chi connectivity index (χ0n) is 14.0. The van der Waals surface area contributed by atoms with Gasteiger partial charge in [0.15, 0.2) is 0 Å². The Kier molecular flexibility index (Phi) is 6.41. The van der Waals surface area contributed by atoms with Crippen molar-refractivity contribution < 1.29 is 9.53 Å². The summed E-state index contributed by atoms with van der Waals surface area (Å²) in [6.07, 6.45) is 1.58. The van der Waals surface area contributed by atoms with E-state index >= 15 is 0 Å². The molecule has 128 valence electrons. The van der Waals surface area contributed by atoms with Crippen LogP contribution in [0.25, 0.3) is 11.1 Å². The summed E-state index contributed by atoms with van der Waals surface area (Å²) in [6, 6.07) is 18.7. The summed E-state index contributed by atoms with van der Waals surface area (Å²) in [5.41, 5.74) is 2.92. The molecule has 1 N–H and O–H groups in total. The molecular formula is C20H24ClNO2. The lowest BCUT2D eigenvalue weighted by molar-refractivity contribution is -0.151. The molecule has 0 aromatic heterocycles. The van der Waals surface area contributed by atoms with Crippen LogP contribution in [0, 0.1) is 0 Å². The monoisotopic (exact) mass is 345 g/mol. The van der Waals surface area contributed by atoms with E-state index in [9.17, 15) is 4.79 Å². The van der Waals surface area contributed by atoms with E-state index in [-0.39, 0.29) is 18.4 Å². The number of hydrogen-bond donors (Lipinski definition) is 1. The average molecular weight is 346 g/mol. The minimum Gasteiger partial charge on any atom is -0.465 e. The lowest BCUT2D eigenvalue weighted by Gasteiger charge is -2.35. The van der Waals surface area contributed by atoms with Crippen LogP contribution in [0.4, 0.5) is 0 Å². The van der Waals surface area contributed by atoms with Crippen LogP contribution < -0.4 is 5.32 Å². The Labute approximate surface area is 149 Å². The van der Waals surface area contributed by atoms with Gasteiger partial charge in [-0.3, -0.25) is 4.79 Å². The van der Waals surface area contributed by atoms with Gasteiger partial charge in [0.25, 0.3) is 0 Å². The van der Waals surface area contributed by atoms with Crippen LogP contribution in [-0.2, 0) is 14.9 Å². The fraction of sp³-hybridized carbons (Fsp3) is 0.350. The van der Waals surface area contributed by atoms with Gasteiger partial charge >= 0.3 is 5.97 Å². The van der Waals surface area contributed by atoms with E-state index in [4.69, 9.17) is 4.74 Å². The van der Waals surface area contributed by atoms with Crippen molar-refractivity contribution in [3.63, 3.8) is 0 Å². The highest BCUT2D eigenvalue weighted by atomic mass is 35.5. The van der Waals surface area contributed by atoms with E-state index in [2.05, 4.69) is 41.7 Å². The maximum atomic E-state index is 12.6. The number of esters is 1. The largest absolute Gasteiger partial charge is 0.465 e. The summed E-state index contributed by atoms with van der Waals surface area (Å²) in [5.74, 6) is -0.0889. The Morgan fingerprint density at radius 3 is 2.17 bits per heavy atom. The van der Waals surface area contributed by atoms with Gasteiger partial charge in [-0.25, -0.2) is 0 Å². The highest BCUT2D eigenvalue weighted by molar-refractivity contribution is 5.85. The summed E-state index contributed by atoms with van der Waals surface area (Å²) in [6.45, 7) is 3.99. The quantitative estimate of drug-likeness (QED) is 0.852. The highest BCUT2D eigenvalue weighted by Crippen LogP contribution is 2.36. The van der Waals surface area contributed by atoms with E-state index < -0.39 is 5.41 Å². The summed E-state index contributed by atoms with van der Waals surface area (Å²) < 4.78 is 5.39. The number of carbonyl (C=O) groups excluding carboxylic acids is 1.